The summed E-state index contributed by atoms with van der Waals surface area (Å²) < 4.78 is 0. The van der Waals surface area contributed by atoms with Gasteiger partial charge in [0, 0.05) is 12.2 Å². The third-order valence-corrected chi connectivity index (χ3v) is 3.28. The molecule has 0 aromatic carbocycles. The fourth-order valence-electron chi connectivity index (χ4n) is 2.74. The summed E-state index contributed by atoms with van der Waals surface area (Å²) in [6.45, 7) is 4.58. The molecule has 2 rings (SSSR count). The van der Waals surface area contributed by atoms with Crippen LogP contribution in [0.2, 0.25) is 0 Å². The quantitative estimate of drug-likeness (QED) is 0.848. The van der Waals surface area contributed by atoms with Crippen molar-refractivity contribution in [3.63, 3.8) is 0 Å². The minimum absolute atomic E-state index is 0.416. The summed E-state index contributed by atoms with van der Waals surface area (Å²) in [5, 5.41) is 12.1. The van der Waals surface area contributed by atoms with Gasteiger partial charge < -0.3 is 5.32 Å². The summed E-state index contributed by atoms with van der Waals surface area (Å²) in [5.74, 6) is 2.07. The maximum atomic E-state index is 8.78. The third kappa shape index (κ3) is 3.16. The summed E-state index contributed by atoms with van der Waals surface area (Å²) in [6, 6.07) is 4.09. The second kappa shape index (κ2) is 5.13. The molecule has 2 unspecified atom stereocenters. The van der Waals surface area contributed by atoms with Crippen LogP contribution in [-0.4, -0.2) is 16.0 Å². The molecule has 1 aliphatic rings. The van der Waals surface area contributed by atoms with E-state index in [4.69, 9.17) is 5.26 Å². The SMILES string of the molecule is CC1CC(C)CC(Nc2nccc(C#N)n2)C1. The molecule has 1 heterocycles. The lowest BCUT2D eigenvalue weighted by Gasteiger charge is -2.31. The molecule has 0 radical (unpaired) electrons. The fraction of sp³-hybridized carbons (Fsp3) is 0.615. The average molecular weight is 230 g/mol. The number of rotatable bonds is 2. The zero-order valence-electron chi connectivity index (χ0n) is 10.3. The Morgan fingerprint density at radius 2 is 2.00 bits per heavy atom. The second-order valence-electron chi connectivity index (χ2n) is 5.14. The third-order valence-electron chi connectivity index (χ3n) is 3.28. The molecule has 1 aromatic rings. The van der Waals surface area contributed by atoms with Crippen LogP contribution in [0.4, 0.5) is 5.95 Å². The van der Waals surface area contributed by atoms with Crippen LogP contribution in [0.25, 0.3) is 0 Å². The monoisotopic (exact) mass is 230 g/mol. The molecule has 4 heteroatoms. The molecule has 4 nitrogen and oxygen atoms in total. The first-order chi connectivity index (χ1) is 8.17. The summed E-state index contributed by atoms with van der Waals surface area (Å²) in [6.07, 6.45) is 5.25. The minimum Gasteiger partial charge on any atom is -0.351 e. The van der Waals surface area contributed by atoms with Gasteiger partial charge in [-0.3, -0.25) is 0 Å². The highest BCUT2D eigenvalue weighted by Crippen LogP contribution is 2.29. The number of aromatic nitrogens is 2. The van der Waals surface area contributed by atoms with Crippen molar-refractivity contribution in [2.75, 3.05) is 5.32 Å². The number of anilines is 1. The van der Waals surface area contributed by atoms with Crippen LogP contribution in [-0.2, 0) is 0 Å². The molecule has 1 saturated carbocycles. The fourth-order valence-corrected chi connectivity index (χ4v) is 2.74. The van der Waals surface area contributed by atoms with E-state index in [1.165, 1.54) is 6.42 Å². The van der Waals surface area contributed by atoms with E-state index in [9.17, 15) is 0 Å². The lowest BCUT2D eigenvalue weighted by Crippen LogP contribution is -2.30. The maximum absolute atomic E-state index is 8.78. The zero-order chi connectivity index (χ0) is 12.3. The van der Waals surface area contributed by atoms with Crippen molar-refractivity contribution in [2.24, 2.45) is 11.8 Å². The van der Waals surface area contributed by atoms with E-state index in [0.717, 1.165) is 24.7 Å². The van der Waals surface area contributed by atoms with Gasteiger partial charge in [-0.05, 0) is 37.2 Å². The molecule has 90 valence electrons. The van der Waals surface area contributed by atoms with Crippen LogP contribution in [0, 0.1) is 23.2 Å². The van der Waals surface area contributed by atoms with E-state index in [2.05, 4.69) is 29.1 Å². The lowest BCUT2D eigenvalue weighted by atomic mass is 9.80. The minimum atomic E-state index is 0.416. The number of nitrogens with zero attached hydrogens (tertiary/aromatic N) is 3. The Balaban J connectivity index is 2.02. The molecule has 1 aromatic heterocycles. The second-order valence-corrected chi connectivity index (χ2v) is 5.14. The predicted molar refractivity (Wildman–Crippen MR) is 66.3 cm³/mol. The molecule has 1 aliphatic carbocycles. The highest BCUT2D eigenvalue weighted by molar-refractivity contribution is 5.31. The first-order valence-electron chi connectivity index (χ1n) is 6.17. The Labute approximate surface area is 102 Å². The first kappa shape index (κ1) is 11.8. The first-order valence-corrected chi connectivity index (χ1v) is 6.17. The van der Waals surface area contributed by atoms with Gasteiger partial charge in [0.05, 0.1) is 0 Å². The van der Waals surface area contributed by atoms with Crippen molar-refractivity contribution >= 4 is 5.95 Å². The molecule has 0 amide bonds. The lowest BCUT2D eigenvalue weighted by molar-refractivity contribution is 0.280. The molecule has 17 heavy (non-hydrogen) atoms. The van der Waals surface area contributed by atoms with E-state index < -0.39 is 0 Å². The summed E-state index contributed by atoms with van der Waals surface area (Å²) in [4.78, 5) is 8.31. The number of hydrogen-bond acceptors (Lipinski definition) is 4. The Bertz CT molecular complexity index is 414. The van der Waals surface area contributed by atoms with Crippen LogP contribution >= 0.6 is 0 Å². The molecule has 0 bridgehead atoms. The van der Waals surface area contributed by atoms with Crippen molar-refractivity contribution in [3.8, 4) is 6.07 Å². The smallest absolute Gasteiger partial charge is 0.224 e. The van der Waals surface area contributed by atoms with E-state index in [1.54, 1.807) is 12.3 Å². The van der Waals surface area contributed by atoms with Gasteiger partial charge in [0.1, 0.15) is 11.8 Å². The van der Waals surface area contributed by atoms with Crippen molar-refractivity contribution in [3.05, 3.63) is 18.0 Å². The van der Waals surface area contributed by atoms with Crippen molar-refractivity contribution in [1.29, 1.82) is 5.26 Å². The largest absolute Gasteiger partial charge is 0.351 e. The van der Waals surface area contributed by atoms with Gasteiger partial charge in [-0.1, -0.05) is 13.8 Å². The number of nitrogens with one attached hydrogen (secondary N) is 1. The average Bonchev–Trinajstić information content (AvgIpc) is 2.28. The molecule has 2 atom stereocenters. The highest BCUT2D eigenvalue weighted by atomic mass is 15.1. The van der Waals surface area contributed by atoms with E-state index in [0.29, 0.717) is 17.7 Å². The van der Waals surface area contributed by atoms with Crippen LogP contribution in [0.15, 0.2) is 12.3 Å². The van der Waals surface area contributed by atoms with E-state index in [-0.39, 0.29) is 0 Å². The van der Waals surface area contributed by atoms with Crippen molar-refractivity contribution < 1.29 is 0 Å². The Hall–Kier alpha value is -1.63. The Morgan fingerprint density at radius 3 is 2.65 bits per heavy atom. The van der Waals surface area contributed by atoms with Crippen LogP contribution in [0.5, 0.6) is 0 Å². The Kier molecular flexibility index (Phi) is 3.58. The van der Waals surface area contributed by atoms with Crippen molar-refractivity contribution in [2.45, 2.75) is 39.2 Å². The topological polar surface area (TPSA) is 61.6 Å². The summed E-state index contributed by atoms with van der Waals surface area (Å²) in [7, 11) is 0. The van der Waals surface area contributed by atoms with Crippen LogP contribution in [0.3, 0.4) is 0 Å². The normalized spacial score (nSPS) is 28.4. The van der Waals surface area contributed by atoms with Gasteiger partial charge in [0.2, 0.25) is 5.95 Å². The molecule has 1 fully saturated rings. The number of hydrogen-bond donors (Lipinski definition) is 1. The highest BCUT2D eigenvalue weighted by Gasteiger charge is 2.24. The zero-order valence-corrected chi connectivity index (χ0v) is 10.3. The van der Waals surface area contributed by atoms with E-state index in [1.807, 2.05) is 6.07 Å². The molecule has 0 aliphatic heterocycles. The van der Waals surface area contributed by atoms with Gasteiger partial charge in [0.25, 0.3) is 0 Å². The molecular weight excluding hydrogens is 212 g/mol. The van der Waals surface area contributed by atoms with E-state index >= 15 is 0 Å². The van der Waals surface area contributed by atoms with Crippen LogP contribution < -0.4 is 5.32 Å². The summed E-state index contributed by atoms with van der Waals surface area (Å²) in [5.41, 5.74) is 0.416. The Morgan fingerprint density at radius 1 is 1.29 bits per heavy atom. The molecule has 0 spiro atoms. The standard InChI is InChI=1S/C13H18N4/c1-9-5-10(2)7-12(6-9)17-13-15-4-3-11(8-14)16-13/h3-4,9-10,12H,5-7H2,1-2H3,(H,15,16,17). The predicted octanol–water partition coefficient (Wildman–Crippen LogP) is 2.58. The molecular formula is C13H18N4. The molecule has 1 N–H and O–H groups in total. The summed E-state index contributed by atoms with van der Waals surface area (Å²) >= 11 is 0. The number of nitriles is 1. The van der Waals surface area contributed by atoms with Crippen molar-refractivity contribution in [1.82, 2.24) is 9.97 Å². The van der Waals surface area contributed by atoms with Crippen LogP contribution in [0.1, 0.15) is 38.8 Å². The maximum Gasteiger partial charge on any atom is 0.224 e. The van der Waals surface area contributed by atoms with Gasteiger partial charge in [-0.2, -0.15) is 5.26 Å². The van der Waals surface area contributed by atoms with Gasteiger partial charge in [-0.25, -0.2) is 9.97 Å². The van der Waals surface area contributed by atoms with Gasteiger partial charge >= 0.3 is 0 Å². The molecule has 0 saturated heterocycles. The van der Waals surface area contributed by atoms with Gasteiger partial charge in [0.15, 0.2) is 0 Å². The van der Waals surface area contributed by atoms with Gasteiger partial charge in [-0.15, -0.1) is 0 Å².